The van der Waals surface area contributed by atoms with E-state index in [0.29, 0.717) is 11.3 Å². The first-order valence-electron chi connectivity index (χ1n) is 7.11. The average Bonchev–Trinajstić information content (AvgIpc) is 2.57. The van der Waals surface area contributed by atoms with Crippen molar-refractivity contribution in [3.63, 3.8) is 0 Å². The predicted molar refractivity (Wildman–Crippen MR) is 90.0 cm³/mol. The molecule has 0 spiro atoms. The van der Waals surface area contributed by atoms with Gasteiger partial charge in [0.1, 0.15) is 0 Å². The summed E-state index contributed by atoms with van der Waals surface area (Å²) in [5, 5.41) is 21.3. The van der Waals surface area contributed by atoms with E-state index >= 15 is 0 Å². The Morgan fingerprint density at radius 1 is 1.12 bits per heavy atom. The van der Waals surface area contributed by atoms with Crippen molar-refractivity contribution in [2.24, 2.45) is 0 Å². The summed E-state index contributed by atoms with van der Waals surface area (Å²) < 4.78 is 4.71. The number of carbonyl (C=O) groups is 2. The molecule has 0 unspecified atom stereocenters. The van der Waals surface area contributed by atoms with Crippen molar-refractivity contribution in [1.29, 1.82) is 0 Å². The summed E-state index contributed by atoms with van der Waals surface area (Å²) in [5.74, 6) is -1.49. The van der Waals surface area contributed by atoms with Gasteiger partial charge in [-0.1, -0.05) is 18.2 Å². The minimum atomic E-state index is -0.540. The topological polar surface area (TPSA) is 95.9 Å². The molecule has 0 bridgehead atoms. The van der Waals surface area contributed by atoms with E-state index in [4.69, 9.17) is 4.74 Å². The zero-order chi connectivity index (χ0) is 17.7. The van der Waals surface area contributed by atoms with Crippen LogP contribution in [0.2, 0.25) is 0 Å². The Hall–Kier alpha value is -3.28. The van der Waals surface area contributed by atoms with E-state index in [1.807, 2.05) is 0 Å². The molecule has 24 heavy (non-hydrogen) atoms. The molecule has 0 aliphatic rings. The average molecular weight is 327 g/mol. The Kier molecular flexibility index (Phi) is 5.21. The lowest BCUT2D eigenvalue weighted by Crippen LogP contribution is -2.14. The summed E-state index contributed by atoms with van der Waals surface area (Å²) in [6, 6.07) is 9.23. The molecule has 1 amide bonds. The number of aryl methyl sites for hydroxylation is 1. The third-order valence-electron chi connectivity index (χ3n) is 3.35. The second kappa shape index (κ2) is 7.32. The van der Waals surface area contributed by atoms with Crippen molar-refractivity contribution in [3.8, 4) is 11.5 Å². The van der Waals surface area contributed by atoms with Gasteiger partial charge in [-0.15, -0.1) is 0 Å². The van der Waals surface area contributed by atoms with Gasteiger partial charge in [0.2, 0.25) is 5.91 Å². The van der Waals surface area contributed by atoms with Gasteiger partial charge in [0.15, 0.2) is 11.5 Å². The fraction of sp³-hybridized carbons (Fsp3) is 0.111. The number of anilines is 1. The highest BCUT2D eigenvalue weighted by molar-refractivity contribution is 6.07. The van der Waals surface area contributed by atoms with Gasteiger partial charge in [-0.25, -0.2) is 4.79 Å². The summed E-state index contributed by atoms with van der Waals surface area (Å²) in [6.45, 7) is 1.77. The number of phenols is 2. The molecular formula is C18H17NO5. The van der Waals surface area contributed by atoms with E-state index < -0.39 is 11.9 Å². The van der Waals surface area contributed by atoms with Gasteiger partial charge in [0.05, 0.1) is 18.4 Å². The zero-order valence-corrected chi connectivity index (χ0v) is 13.2. The van der Waals surface area contributed by atoms with E-state index in [1.54, 1.807) is 31.2 Å². The fourth-order valence-corrected chi connectivity index (χ4v) is 2.09. The summed E-state index contributed by atoms with van der Waals surface area (Å²) in [5.41, 5.74) is 1.91. The molecule has 0 aliphatic carbocycles. The monoisotopic (exact) mass is 327 g/mol. The quantitative estimate of drug-likeness (QED) is 0.456. The second-order valence-corrected chi connectivity index (χ2v) is 5.06. The van der Waals surface area contributed by atoms with Crippen LogP contribution in [0.1, 0.15) is 21.5 Å². The van der Waals surface area contributed by atoms with Crippen LogP contribution in [0.15, 0.2) is 42.5 Å². The smallest absolute Gasteiger partial charge is 0.339 e. The van der Waals surface area contributed by atoms with E-state index in [0.717, 1.165) is 5.56 Å². The first kappa shape index (κ1) is 17.1. The maximum Gasteiger partial charge on any atom is 0.339 e. The van der Waals surface area contributed by atoms with Crippen LogP contribution in [0.25, 0.3) is 6.08 Å². The van der Waals surface area contributed by atoms with Crippen LogP contribution in [0, 0.1) is 6.92 Å². The lowest BCUT2D eigenvalue weighted by Gasteiger charge is -2.11. The highest BCUT2D eigenvalue weighted by Crippen LogP contribution is 2.25. The molecule has 0 radical (unpaired) electrons. The van der Waals surface area contributed by atoms with Crippen molar-refractivity contribution in [1.82, 2.24) is 0 Å². The van der Waals surface area contributed by atoms with Crippen molar-refractivity contribution < 1.29 is 24.5 Å². The maximum atomic E-state index is 12.1. The lowest BCUT2D eigenvalue weighted by molar-refractivity contribution is -0.111. The SMILES string of the molecule is COC(=O)c1cccc(C)c1NC(=O)/C=C/c1ccc(O)c(O)c1. The van der Waals surface area contributed by atoms with E-state index in [2.05, 4.69) is 5.32 Å². The Morgan fingerprint density at radius 2 is 1.88 bits per heavy atom. The minimum absolute atomic E-state index is 0.237. The first-order chi connectivity index (χ1) is 11.4. The third kappa shape index (κ3) is 3.92. The normalized spacial score (nSPS) is 10.6. The number of ether oxygens (including phenoxy) is 1. The van der Waals surface area contributed by atoms with Crippen molar-refractivity contribution >= 4 is 23.6 Å². The van der Waals surface area contributed by atoms with Crippen LogP contribution >= 0.6 is 0 Å². The van der Waals surface area contributed by atoms with Crippen LogP contribution < -0.4 is 5.32 Å². The van der Waals surface area contributed by atoms with Crippen molar-refractivity contribution in [3.05, 3.63) is 59.2 Å². The largest absolute Gasteiger partial charge is 0.504 e. The Labute approximate surface area is 139 Å². The number of rotatable bonds is 4. The van der Waals surface area contributed by atoms with Gasteiger partial charge < -0.3 is 20.3 Å². The molecule has 0 saturated heterocycles. The molecule has 6 heteroatoms. The number of benzene rings is 2. The van der Waals surface area contributed by atoms with E-state index in [1.165, 1.54) is 31.4 Å². The molecule has 0 aromatic heterocycles. The number of esters is 1. The van der Waals surface area contributed by atoms with Gasteiger partial charge in [-0.05, 0) is 42.3 Å². The minimum Gasteiger partial charge on any atom is -0.504 e. The van der Waals surface area contributed by atoms with Crippen LogP contribution in [0.5, 0.6) is 11.5 Å². The Balaban J connectivity index is 2.19. The Morgan fingerprint density at radius 3 is 2.54 bits per heavy atom. The van der Waals surface area contributed by atoms with E-state index in [-0.39, 0.29) is 17.1 Å². The van der Waals surface area contributed by atoms with Crippen LogP contribution in [-0.2, 0) is 9.53 Å². The summed E-state index contributed by atoms with van der Waals surface area (Å²) in [7, 11) is 1.27. The molecule has 0 aliphatic heterocycles. The van der Waals surface area contributed by atoms with Gasteiger partial charge in [0.25, 0.3) is 0 Å². The maximum absolute atomic E-state index is 12.1. The number of amides is 1. The van der Waals surface area contributed by atoms with Gasteiger partial charge in [-0.3, -0.25) is 4.79 Å². The molecule has 2 rings (SSSR count). The number of carbonyl (C=O) groups excluding carboxylic acids is 2. The third-order valence-corrected chi connectivity index (χ3v) is 3.35. The highest BCUT2D eigenvalue weighted by atomic mass is 16.5. The molecule has 3 N–H and O–H groups in total. The number of hydrogen-bond donors (Lipinski definition) is 3. The summed E-state index contributed by atoms with van der Waals surface area (Å²) >= 11 is 0. The zero-order valence-electron chi connectivity index (χ0n) is 13.2. The van der Waals surface area contributed by atoms with Gasteiger partial charge in [0, 0.05) is 6.08 Å². The number of methoxy groups -OCH3 is 1. The standard InChI is InChI=1S/C18H17NO5/c1-11-4-3-5-13(18(23)24-2)17(11)19-16(22)9-7-12-6-8-14(20)15(21)10-12/h3-10,20-21H,1-2H3,(H,19,22)/b9-7+. The first-order valence-corrected chi connectivity index (χ1v) is 7.11. The molecule has 124 valence electrons. The summed E-state index contributed by atoms with van der Waals surface area (Å²) in [4.78, 5) is 23.9. The van der Waals surface area contributed by atoms with Gasteiger partial charge >= 0.3 is 5.97 Å². The molecule has 2 aromatic carbocycles. The number of phenolic OH excluding ortho intramolecular Hbond substituents is 2. The predicted octanol–water partition coefficient (Wildman–Crippen LogP) is 2.84. The van der Waals surface area contributed by atoms with Crippen LogP contribution in [0.4, 0.5) is 5.69 Å². The number of aromatic hydroxyl groups is 2. The van der Waals surface area contributed by atoms with Crippen molar-refractivity contribution in [2.75, 3.05) is 12.4 Å². The van der Waals surface area contributed by atoms with Gasteiger partial charge in [-0.2, -0.15) is 0 Å². The summed E-state index contributed by atoms with van der Waals surface area (Å²) in [6.07, 6.45) is 2.74. The Bertz CT molecular complexity index is 811. The molecule has 6 nitrogen and oxygen atoms in total. The molecule has 0 fully saturated rings. The van der Waals surface area contributed by atoms with Crippen LogP contribution in [0.3, 0.4) is 0 Å². The number of para-hydroxylation sites is 1. The van der Waals surface area contributed by atoms with Crippen LogP contribution in [-0.4, -0.2) is 29.2 Å². The lowest BCUT2D eigenvalue weighted by atomic mass is 10.1. The van der Waals surface area contributed by atoms with Crippen molar-refractivity contribution in [2.45, 2.75) is 6.92 Å². The van der Waals surface area contributed by atoms with E-state index in [9.17, 15) is 19.8 Å². The highest BCUT2D eigenvalue weighted by Gasteiger charge is 2.14. The molecule has 0 heterocycles. The number of hydrogen-bond acceptors (Lipinski definition) is 5. The molecular weight excluding hydrogens is 310 g/mol. The molecule has 0 saturated carbocycles. The number of nitrogens with one attached hydrogen (secondary N) is 1. The second-order valence-electron chi connectivity index (χ2n) is 5.06. The fourth-order valence-electron chi connectivity index (χ4n) is 2.09. The molecule has 2 aromatic rings. The molecule has 0 atom stereocenters.